The van der Waals surface area contributed by atoms with Crippen LogP contribution in [0.25, 0.3) is 11.4 Å². The largest absolute Gasteiger partial charge is 0.469 e. The summed E-state index contributed by atoms with van der Waals surface area (Å²) in [6, 6.07) is 1.75. The third kappa shape index (κ3) is 2.80. The van der Waals surface area contributed by atoms with Gasteiger partial charge in [0.1, 0.15) is 5.76 Å². The van der Waals surface area contributed by atoms with Crippen LogP contribution in [0.3, 0.4) is 0 Å². The van der Waals surface area contributed by atoms with Crippen molar-refractivity contribution in [2.75, 3.05) is 12.4 Å². The Labute approximate surface area is 129 Å². The fraction of sp³-hybridized carbons (Fsp3) is 0.571. The van der Waals surface area contributed by atoms with Crippen LogP contribution in [-0.2, 0) is 21.6 Å². The molecule has 1 atom stereocenters. The Morgan fingerprint density at radius 1 is 1.36 bits per heavy atom. The fourth-order valence-corrected chi connectivity index (χ4v) is 4.27. The first-order chi connectivity index (χ1) is 10.5. The number of rotatable bonds is 4. The van der Waals surface area contributed by atoms with Crippen LogP contribution in [-0.4, -0.2) is 41.6 Å². The molecule has 1 aliphatic heterocycles. The number of hydrogen-bond donors (Lipinski definition) is 0. The first kappa shape index (κ1) is 15.2. The van der Waals surface area contributed by atoms with E-state index in [4.69, 9.17) is 9.15 Å². The van der Waals surface area contributed by atoms with E-state index in [2.05, 4.69) is 10.2 Å². The molecule has 0 bridgehead atoms. The van der Waals surface area contributed by atoms with Crippen LogP contribution in [0.5, 0.6) is 0 Å². The van der Waals surface area contributed by atoms with Crippen molar-refractivity contribution in [2.24, 2.45) is 7.05 Å². The van der Waals surface area contributed by atoms with Crippen molar-refractivity contribution in [3.05, 3.63) is 18.1 Å². The monoisotopic (exact) mass is 325 g/mol. The molecule has 3 heterocycles. The van der Waals surface area contributed by atoms with E-state index in [1.54, 1.807) is 26.3 Å². The molecule has 22 heavy (non-hydrogen) atoms. The molecular formula is C14H19N3O4S. The third-order valence-electron chi connectivity index (χ3n) is 3.89. The second kappa shape index (κ2) is 5.85. The zero-order valence-electron chi connectivity index (χ0n) is 12.7. The highest BCUT2D eigenvalue weighted by atomic mass is 32.2. The number of sulfone groups is 1. The van der Waals surface area contributed by atoms with E-state index >= 15 is 0 Å². The third-order valence-corrected chi connectivity index (χ3v) is 5.61. The van der Waals surface area contributed by atoms with Gasteiger partial charge >= 0.3 is 0 Å². The van der Waals surface area contributed by atoms with Crippen LogP contribution < -0.4 is 0 Å². The Kier molecular flexibility index (Phi) is 4.05. The lowest BCUT2D eigenvalue weighted by Crippen LogP contribution is -2.28. The maximum atomic E-state index is 12.6. The van der Waals surface area contributed by atoms with Gasteiger partial charge in [-0.3, -0.25) is 0 Å². The highest BCUT2D eigenvalue weighted by molar-refractivity contribution is 7.91. The fourth-order valence-electron chi connectivity index (χ4n) is 2.70. The van der Waals surface area contributed by atoms with E-state index in [1.165, 1.54) is 4.57 Å². The summed E-state index contributed by atoms with van der Waals surface area (Å²) >= 11 is 0. The molecule has 1 saturated heterocycles. The minimum Gasteiger partial charge on any atom is -0.469 e. The normalized spacial score (nSPS) is 19.5. The minimum atomic E-state index is -3.54. The van der Waals surface area contributed by atoms with E-state index in [-0.39, 0.29) is 17.0 Å². The lowest BCUT2D eigenvalue weighted by molar-refractivity contribution is 0.0304. The summed E-state index contributed by atoms with van der Waals surface area (Å²) in [7, 11) is -1.89. The summed E-state index contributed by atoms with van der Waals surface area (Å²) in [4.78, 5) is 0. The second-order valence-electron chi connectivity index (χ2n) is 5.53. The van der Waals surface area contributed by atoms with Gasteiger partial charge in [-0.1, -0.05) is 0 Å². The quantitative estimate of drug-likeness (QED) is 0.850. The highest BCUT2D eigenvalue weighted by Crippen LogP contribution is 2.25. The highest BCUT2D eigenvalue weighted by Gasteiger charge is 2.29. The Morgan fingerprint density at radius 2 is 2.18 bits per heavy atom. The molecule has 8 heteroatoms. The maximum Gasteiger partial charge on any atom is 0.249 e. The van der Waals surface area contributed by atoms with Crippen molar-refractivity contribution in [3.63, 3.8) is 0 Å². The van der Waals surface area contributed by atoms with Gasteiger partial charge in [-0.2, -0.15) is 0 Å². The molecule has 0 aliphatic carbocycles. The van der Waals surface area contributed by atoms with Gasteiger partial charge in [-0.15, -0.1) is 10.2 Å². The summed E-state index contributed by atoms with van der Waals surface area (Å²) in [5.41, 5.74) is 0.741. The number of hydrogen-bond acceptors (Lipinski definition) is 6. The topological polar surface area (TPSA) is 87.2 Å². The Balaban J connectivity index is 1.88. The molecular weight excluding hydrogens is 306 g/mol. The van der Waals surface area contributed by atoms with Crippen molar-refractivity contribution in [1.82, 2.24) is 14.8 Å². The number of furan rings is 1. The maximum absolute atomic E-state index is 12.6. The molecule has 0 amide bonds. The van der Waals surface area contributed by atoms with E-state index in [9.17, 15) is 8.42 Å². The summed E-state index contributed by atoms with van der Waals surface area (Å²) in [6.07, 6.45) is 4.05. The van der Waals surface area contributed by atoms with Crippen LogP contribution in [0.1, 0.15) is 25.0 Å². The van der Waals surface area contributed by atoms with Crippen LogP contribution in [0.4, 0.5) is 0 Å². The van der Waals surface area contributed by atoms with Crippen LogP contribution in [0.15, 0.2) is 21.9 Å². The number of nitrogens with zero attached hydrogens (tertiary/aromatic N) is 3. The number of aromatic nitrogens is 3. The summed E-state index contributed by atoms with van der Waals surface area (Å²) in [5.74, 6) is 1.10. The van der Waals surface area contributed by atoms with E-state index in [0.717, 1.165) is 24.8 Å². The van der Waals surface area contributed by atoms with Crippen molar-refractivity contribution in [3.8, 4) is 11.4 Å². The smallest absolute Gasteiger partial charge is 0.249 e. The van der Waals surface area contributed by atoms with Crippen molar-refractivity contribution >= 4 is 9.84 Å². The lowest BCUT2D eigenvalue weighted by atomic mass is 10.1. The molecule has 3 rings (SSSR count). The predicted molar refractivity (Wildman–Crippen MR) is 79.1 cm³/mol. The molecule has 0 N–H and O–H groups in total. The summed E-state index contributed by atoms with van der Waals surface area (Å²) < 4.78 is 37.4. The van der Waals surface area contributed by atoms with E-state index in [1.807, 2.05) is 0 Å². The zero-order chi connectivity index (χ0) is 15.7. The average Bonchev–Trinajstić information content (AvgIpc) is 3.05. The molecule has 0 radical (unpaired) electrons. The van der Waals surface area contributed by atoms with Crippen LogP contribution in [0, 0.1) is 6.92 Å². The van der Waals surface area contributed by atoms with Gasteiger partial charge in [0.2, 0.25) is 15.0 Å². The SMILES string of the molecule is Cc1occc1-c1nnc(S(=O)(=O)C[C@H]2CCCCO2)n1C. The van der Waals surface area contributed by atoms with Gasteiger partial charge in [-0.25, -0.2) is 8.42 Å². The van der Waals surface area contributed by atoms with E-state index in [0.29, 0.717) is 18.2 Å². The number of aryl methyl sites for hydroxylation is 1. The summed E-state index contributed by atoms with van der Waals surface area (Å²) in [5, 5.41) is 7.86. The summed E-state index contributed by atoms with van der Waals surface area (Å²) in [6.45, 7) is 2.42. The lowest BCUT2D eigenvalue weighted by Gasteiger charge is -2.21. The molecule has 2 aromatic heterocycles. The van der Waals surface area contributed by atoms with Crippen LogP contribution in [0.2, 0.25) is 0 Å². The zero-order valence-corrected chi connectivity index (χ0v) is 13.5. The van der Waals surface area contributed by atoms with Crippen molar-refractivity contribution in [1.29, 1.82) is 0 Å². The molecule has 120 valence electrons. The molecule has 0 aromatic carbocycles. The van der Waals surface area contributed by atoms with Gasteiger partial charge in [-0.05, 0) is 32.3 Å². The molecule has 1 fully saturated rings. The van der Waals surface area contributed by atoms with Gasteiger partial charge in [0.15, 0.2) is 5.82 Å². The average molecular weight is 325 g/mol. The van der Waals surface area contributed by atoms with Crippen molar-refractivity contribution in [2.45, 2.75) is 37.4 Å². The standard InChI is InChI=1S/C14H19N3O4S/c1-10-12(6-8-20-10)13-15-16-14(17(13)2)22(18,19)9-11-5-3-4-7-21-11/h6,8,11H,3-5,7,9H2,1-2H3/t11-/m1/s1. The number of ether oxygens (including phenoxy) is 1. The molecule has 1 aliphatic rings. The molecule has 2 aromatic rings. The van der Waals surface area contributed by atoms with Gasteiger partial charge in [0.25, 0.3) is 0 Å². The predicted octanol–water partition coefficient (Wildman–Crippen LogP) is 1.73. The van der Waals surface area contributed by atoms with Crippen molar-refractivity contribution < 1.29 is 17.6 Å². The van der Waals surface area contributed by atoms with Crippen LogP contribution >= 0.6 is 0 Å². The molecule has 7 nitrogen and oxygen atoms in total. The van der Waals surface area contributed by atoms with E-state index < -0.39 is 9.84 Å². The Hall–Kier alpha value is -1.67. The second-order valence-corrected chi connectivity index (χ2v) is 7.45. The first-order valence-electron chi connectivity index (χ1n) is 7.27. The van der Waals surface area contributed by atoms with Gasteiger partial charge in [0, 0.05) is 13.7 Å². The molecule has 0 unspecified atom stereocenters. The Bertz CT molecular complexity index is 757. The molecule has 0 spiro atoms. The minimum absolute atomic E-state index is 0.0303. The molecule has 0 saturated carbocycles. The Morgan fingerprint density at radius 3 is 2.82 bits per heavy atom. The van der Waals surface area contributed by atoms with Gasteiger partial charge < -0.3 is 13.7 Å². The first-order valence-corrected chi connectivity index (χ1v) is 8.92. The van der Waals surface area contributed by atoms with Gasteiger partial charge in [0.05, 0.1) is 23.7 Å².